The van der Waals surface area contributed by atoms with E-state index in [1.54, 1.807) is 23.1 Å². The highest BCUT2D eigenvalue weighted by Gasteiger charge is 2.45. The van der Waals surface area contributed by atoms with Gasteiger partial charge in [0.25, 0.3) is 5.91 Å². The highest BCUT2D eigenvalue weighted by atomic mass is 35.5. The maximum Gasteiger partial charge on any atom is 0.261 e. The standard InChI is InChI=1S/C18H24Cl2N2O3/c1-12(2)10-21-17(24)18(3)7-4-8-22(18)16(23)11-25-15-6-5-13(19)9-14(15)20/h5-6,9,12H,4,7-8,10-11H2,1-3H3,(H,21,24). The molecule has 1 N–H and O–H groups in total. The number of rotatable bonds is 6. The van der Waals surface area contributed by atoms with Crippen LogP contribution in [-0.4, -0.2) is 41.9 Å². The van der Waals surface area contributed by atoms with Gasteiger partial charge in [-0.3, -0.25) is 9.59 Å². The van der Waals surface area contributed by atoms with E-state index in [1.807, 2.05) is 20.8 Å². The first kappa shape index (κ1) is 19.9. The molecule has 7 heteroatoms. The zero-order valence-corrected chi connectivity index (χ0v) is 16.3. The van der Waals surface area contributed by atoms with E-state index in [2.05, 4.69) is 5.32 Å². The van der Waals surface area contributed by atoms with Crippen LogP contribution in [0.5, 0.6) is 5.75 Å². The number of hydrogen-bond donors (Lipinski definition) is 1. The minimum atomic E-state index is -0.834. The molecule has 1 aromatic carbocycles. The number of hydrogen-bond acceptors (Lipinski definition) is 3. The molecule has 0 bridgehead atoms. The fourth-order valence-corrected chi connectivity index (χ4v) is 3.36. The lowest BCUT2D eigenvalue weighted by molar-refractivity contribution is -0.145. The van der Waals surface area contributed by atoms with Crippen LogP contribution in [-0.2, 0) is 9.59 Å². The molecule has 5 nitrogen and oxygen atoms in total. The number of carbonyl (C=O) groups is 2. The predicted molar refractivity (Wildman–Crippen MR) is 99.2 cm³/mol. The Labute approximate surface area is 158 Å². The first-order valence-electron chi connectivity index (χ1n) is 8.40. The van der Waals surface area contributed by atoms with Crippen molar-refractivity contribution in [3.63, 3.8) is 0 Å². The molecule has 0 spiro atoms. The van der Waals surface area contributed by atoms with Crippen molar-refractivity contribution in [1.82, 2.24) is 10.2 Å². The van der Waals surface area contributed by atoms with Crippen LogP contribution in [0.3, 0.4) is 0 Å². The first-order chi connectivity index (χ1) is 11.7. The molecule has 0 saturated carbocycles. The Bertz CT molecular complexity index is 651. The van der Waals surface area contributed by atoms with E-state index in [0.29, 0.717) is 41.2 Å². The summed E-state index contributed by atoms with van der Waals surface area (Å²) in [7, 11) is 0. The molecule has 1 atom stereocenters. The summed E-state index contributed by atoms with van der Waals surface area (Å²) in [5, 5.41) is 3.77. The number of ether oxygens (including phenoxy) is 1. The quantitative estimate of drug-likeness (QED) is 0.813. The molecule has 1 unspecified atom stereocenters. The normalized spacial score (nSPS) is 20.0. The van der Waals surface area contributed by atoms with Crippen LogP contribution in [0.2, 0.25) is 10.0 Å². The molecule has 0 aromatic heterocycles. The summed E-state index contributed by atoms with van der Waals surface area (Å²) in [4.78, 5) is 26.8. The zero-order chi connectivity index (χ0) is 18.6. The van der Waals surface area contributed by atoms with Gasteiger partial charge in [-0.1, -0.05) is 37.0 Å². The summed E-state index contributed by atoms with van der Waals surface area (Å²) < 4.78 is 5.52. The molecule has 25 heavy (non-hydrogen) atoms. The van der Waals surface area contributed by atoms with Crippen molar-refractivity contribution in [3.05, 3.63) is 28.2 Å². The molecule has 1 aliphatic rings. The van der Waals surface area contributed by atoms with E-state index >= 15 is 0 Å². The van der Waals surface area contributed by atoms with Crippen molar-refractivity contribution in [2.75, 3.05) is 19.7 Å². The van der Waals surface area contributed by atoms with Crippen molar-refractivity contribution in [2.45, 2.75) is 39.2 Å². The Hall–Kier alpha value is -1.46. The second-order valence-electron chi connectivity index (χ2n) is 6.89. The summed E-state index contributed by atoms with van der Waals surface area (Å²) in [6.45, 7) is 6.83. The zero-order valence-electron chi connectivity index (χ0n) is 14.8. The van der Waals surface area contributed by atoms with E-state index < -0.39 is 5.54 Å². The molecule has 1 aromatic rings. The van der Waals surface area contributed by atoms with Crippen molar-refractivity contribution < 1.29 is 14.3 Å². The minimum Gasteiger partial charge on any atom is -0.482 e. The number of carbonyl (C=O) groups excluding carboxylic acids is 2. The predicted octanol–water partition coefficient (Wildman–Crippen LogP) is 3.53. The third kappa shape index (κ3) is 4.79. The largest absolute Gasteiger partial charge is 0.482 e. The van der Waals surface area contributed by atoms with Gasteiger partial charge in [-0.05, 0) is 43.9 Å². The van der Waals surface area contributed by atoms with Gasteiger partial charge in [0.1, 0.15) is 11.3 Å². The van der Waals surface area contributed by atoms with Crippen LogP contribution in [0, 0.1) is 5.92 Å². The monoisotopic (exact) mass is 386 g/mol. The van der Waals surface area contributed by atoms with Gasteiger partial charge >= 0.3 is 0 Å². The molecule has 2 rings (SSSR count). The van der Waals surface area contributed by atoms with Crippen LogP contribution < -0.4 is 10.1 Å². The molecule has 2 amide bonds. The number of halogens is 2. The number of likely N-dealkylation sites (tertiary alicyclic amines) is 1. The summed E-state index contributed by atoms with van der Waals surface area (Å²) in [6.07, 6.45) is 1.43. The van der Waals surface area contributed by atoms with Crippen molar-refractivity contribution in [2.24, 2.45) is 5.92 Å². The molecular weight excluding hydrogens is 363 g/mol. The highest BCUT2D eigenvalue weighted by Crippen LogP contribution is 2.31. The molecule has 0 radical (unpaired) electrons. The van der Waals surface area contributed by atoms with Crippen molar-refractivity contribution in [3.8, 4) is 5.75 Å². The first-order valence-corrected chi connectivity index (χ1v) is 9.16. The number of amides is 2. The average molecular weight is 387 g/mol. The van der Waals surface area contributed by atoms with Gasteiger partial charge < -0.3 is 15.0 Å². The van der Waals surface area contributed by atoms with Gasteiger partial charge in [-0.2, -0.15) is 0 Å². The Morgan fingerprint density at radius 2 is 2.08 bits per heavy atom. The molecule has 1 aliphatic heterocycles. The number of nitrogens with zero attached hydrogens (tertiary/aromatic N) is 1. The molecule has 1 heterocycles. The Morgan fingerprint density at radius 3 is 2.72 bits per heavy atom. The van der Waals surface area contributed by atoms with Crippen LogP contribution in [0.15, 0.2) is 18.2 Å². The Morgan fingerprint density at radius 1 is 1.36 bits per heavy atom. The second kappa shape index (κ2) is 8.28. The van der Waals surface area contributed by atoms with Gasteiger partial charge in [0.15, 0.2) is 6.61 Å². The van der Waals surface area contributed by atoms with Crippen molar-refractivity contribution in [1.29, 1.82) is 0 Å². The van der Waals surface area contributed by atoms with E-state index in [1.165, 1.54) is 0 Å². The van der Waals surface area contributed by atoms with Gasteiger partial charge in [0.2, 0.25) is 5.91 Å². The lowest BCUT2D eigenvalue weighted by atomic mass is 9.97. The van der Waals surface area contributed by atoms with E-state index in [-0.39, 0.29) is 18.4 Å². The van der Waals surface area contributed by atoms with Gasteiger partial charge in [0, 0.05) is 18.1 Å². The lowest BCUT2D eigenvalue weighted by Crippen LogP contribution is -2.56. The Kier molecular flexibility index (Phi) is 6.58. The van der Waals surface area contributed by atoms with E-state index in [0.717, 1.165) is 6.42 Å². The molecule has 1 saturated heterocycles. The molecule has 138 valence electrons. The maximum absolute atomic E-state index is 12.6. The molecule has 0 aliphatic carbocycles. The molecular formula is C18H24Cl2N2O3. The maximum atomic E-state index is 12.6. The summed E-state index contributed by atoms with van der Waals surface area (Å²) in [6, 6.07) is 4.82. The third-order valence-electron chi connectivity index (χ3n) is 4.35. The highest BCUT2D eigenvalue weighted by molar-refractivity contribution is 6.35. The van der Waals surface area contributed by atoms with Crippen molar-refractivity contribution >= 4 is 35.0 Å². The van der Waals surface area contributed by atoms with Gasteiger partial charge in [-0.25, -0.2) is 0 Å². The van der Waals surface area contributed by atoms with Crippen LogP contribution in [0.25, 0.3) is 0 Å². The van der Waals surface area contributed by atoms with Crippen LogP contribution in [0.1, 0.15) is 33.6 Å². The third-order valence-corrected chi connectivity index (χ3v) is 4.88. The fraction of sp³-hybridized carbons (Fsp3) is 0.556. The SMILES string of the molecule is CC(C)CNC(=O)C1(C)CCCN1C(=O)COc1ccc(Cl)cc1Cl. The van der Waals surface area contributed by atoms with E-state index in [4.69, 9.17) is 27.9 Å². The Balaban J connectivity index is 2.00. The summed E-state index contributed by atoms with van der Waals surface area (Å²) in [5.74, 6) is 0.403. The minimum absolute atomic E-state index is 0.114. The average Bonchev–Trinajstić information content (AvgIpc) is 2.94. The lowest BCUT2D eigenvalue weighted by Gasteiger charge is -2.34. The summed E-state index contributed by atoms with van der Waals surface area (Å²) in [5.41, 5.74) is -0.834. The number of nitrogens with one attached hydrogen (secondary N) is 1. The van der Waals surface area contributed by atoms with E-state index in [9.17, 15) is 9.59 Å². The van der Waals surface area contributed by atoms with Gasteiger partial charge in [-0.15, -0.1) is 0 Å². The summed E-state index contributed by atoms with van der Waals surface area (Å²) >= 11 is 11.9. The van der Waals surface area contributed by atoms with Gasteiger partial charge in [0.05, 0.1) is 5.02 Å². The van der Waals surface area contributed by atoms with Crippen LogP contribution >= 0.6 is 23.2 Å². The smallest absolute Gasteiger partial charge is 0.261 e. The topological polar surface area (TPSA) is 58.6 Å². The van der Waals surface area contributed by atoms with Crippen LogP contribution in [0.4, 0.5) is 0 Å². The fourth-order valence-electron chi connectivity index (χ4n) is 2.90. The second-order valence-corrected chi connectivity index (χ2v) is 7.73. The number of benzene rings is 1. The molecule has 1 fully saturated rings.